The Morgan fingerprint density at radius 2 is 1.79 bits per heavy atom. The number of nitrogens with zero attached hydrogens (tertiary/aromatic N) is 1. The maximum atomic E-state index is 11.6. The molecule has 0 amide bonds. The molecule has 2 N–H and O–H groups in total. The van der Waals surface area contributed by atoms with Gasteiger partial charge in [0.05, 0.1) is 0 Å². The van der Waals surface area contributed by atoms with Crippen LogP contribution in [0, 0.1) is 11.8 Å². The Kier molecular flexibility index (Phi) is 8.84. The monoisotopic (exact) mass is 505 g/mol. The Hall–Kier alpha value is -0.180. The number of likely N-dealkylation sites (tertiary alicyclic amines) is 1. The average Bonchev–Trinajstić information content (AvgIpc) is 2.71. The van der Waals surface area contributed by atoms with Crippen LogP contribution in [0.25, 0.3) is 0 Å². The quantitative estimate of drug-likeness (QED) is 0.551. The van der Waals surface area contributed by atoms with Crippen molar-refractivity contribution in [3.63, 3.8) is 0 Å². The van der Waals surface area contributed by atoms with E-state index >= 15 is 0 Å². The molecule has 2 fully saturated rings. The number of hydrogen-bond acceptors (Lipinski definition) is 3. The van der Waals surface area contributed by atoms with Crippen LogP contribution in [0.15, 0.2) is 22.7 Å². The lowest BCUT2D eigenvalue weighted by molar-refractivity contribution is 0.164. The smallest absolute Gasteiger partial charge is 0.276 e. The first-order chi connectivity index (χ1) is 13.8. The third-order valence-corrected chi connectivity index (χ3v) is 8.70. The maximum Gasteiger partial charge on any atom is 0.276 e. The summed E-state index contributed by atoms with van der Waals surface area (Å²) in [5, 5.41) is 0.814. The second-order valence-corrected chi connectivity index (χ2v) is 11.5. The van der Waals surface area contributed by atoms with E-state index in [0.717, 1.165) is 53.4 Å². The first kappa shape index (κ1) is 23.5. The third-order valence-electron chi connectivity index (χ3n) is 6.51. The van der Waals surface area contributed by atoms with E-state index < -0.39 is 10.2 Å². The molecular weight excluding hydrogens is 474 g/mol. The summed E-state index contributed by atoms with van der Waals surface area (Å²) in [6.45, 7) is 3.53. The van der Waals surface area contributed by atoms with E-state index in [0.29, 0.717) is 0 Å². The summed E-state index contributed by atoms with van der Waals surface area (Å²) in [6.07, 6.45) is 8.96. The lowest BCUT2D eigenvalue weighted by Crippen LogP contribution is -2.43. The summed E-state index contributed by atoms with van der Waals surface area (Å²) in [5.74, 6) is 1.46. The van der Waals surface area contributed by atoms with Crippen LogP contribution in [0.2, 0.25) is 5.02 Å². The summed E-state index contributed by atoms with van der Waals surface area (Å²) in [6, 6.07) is 6.15. The van der Waals surface area contributed by atoms with Crippen LogP contribution in [-0.4, -0.2) is 46.0 Å². The zero-order valence-corrected chi connectivity index (χ0v) is 20.3. The summed E-state index contributed by atoms with van der Waals surface area (Å²) in [4.78, 5) is 2.61. The Labute approximate surface area is 189 Å². The minimum atomic E-state index is -3.32. The van der Waals surface area contributed by atoms with Gasteiger partial charge in [-0.25, -0.2) is 4.72 Å². The topological polar surface area (TPSA) is 61.4 Å². The SMILES string of the molecule is CNS(=O)(=O)N[C@H]1CC[C@H](CCN2CCC(Cc3cc(Cl)ccc3Br)CC2)CC1. The molecular formula is C21H33BrClN3O2S. The molecule has 0 atom stereocenters. The van der Waals surface area contributed by atoms with Crippen LogP contribution in [0.5, 0.6) is 0 Å². The Morgan fingerprint density at radius 1 is 1.10 bits per heavy atom. The van der Waals surface area contributed by atoms with Gasteiger partial charge in [0, 0.05) is 22.6 Å². The minimum absolute atomic E-state index is 0.0882. The van der Waals surface area contributed by atoms with Crippen LogP contribution >= 0.6 is 27.5 Å². The van der Waals surface area contributed by atoms with Crippen molar-refractivity contribution >= 4 is 37.7 Å². The first-order valence-electron chi connectivity index (χ1n) is 10.7. The molecule has 0 spiro atoms. The van der Waals surface area contributed by atoms with Gasteiger partial charge < -0.3 is 4.90 Å². The molecule has 1 saturated carbocycles. The van der Waals surface area contributed by atoms with Gasteiger partial charge >= 0.3 is 0 Å². The average molecular weight is 507 g/mol. The number of piperidine rings is 1. The summed E-state index contributed by atoms with van der Waals surface area (Å²) in [5.41, 5.74) is 1.32. The van der Waals surface area contributed by atoms with Crippen LogP contribution in [0.4, 0.5) is 0 Å². The predicted octanol–water partition coefficient (Wildman–Crippen LogP) is 4.36. The largest absolute Gasteiger partial charge is 0.303 e. The molecule has 8 heteroatoms. The summed E-state index contributed by atoms with van der Waals surface area (Å²) >= 11 is 9.81. The van der Waals surface area contributed by atoms with Gasteiger partial charge in [0.2, 0.25) is 0 Å². The first-order valence-corrected chi connectivity index (χ1v) is 13.4. The van der Waals surface area contributed by atoms with Gasteiger partial charge in [-0.05, 0) is 107 Å². The third kappa shape index (κ3) is 7.47. The van der Waals surface area contributed by atoms with Gasteiger partial charge in [-0.2, -0.15) is 13.1 Å². The fourth-order valence-electron chi connectivity index (χ4n) is 4.64. The predicted molar refractivity (Wildman–Crippen MR) is 123 cm³/mol. The number of rotatable bonds is 8. The fraction of sp³-hybridized carbons (Fsp3) is 0.714. The Bertz CT molecular complexity index is 761. The van der Waals surface area contributed by atoms with Gasteiger partial charge in [0.15, 0.2) is 0 Å². The second-order valence-electron chi connectivity index (χ2n) is 8.56. The molecule has 1 aliphatic heterocycles. The van der Waals surface area contributed by atoms with Crippen LogP contribution in [0.1, 0.15) is 50.5 Å². The van der Waals surface area contributed by atoms with Crippen molar-refractivity contribution in [2.45, 2.75) is 57.4 Å². The zero-order valence-electron chi connectivity index (χ0n) is 17.2. The van der Waals surface area contributed by atoms with Crippen molar-refractivity contribution in [3.05, 3.63) is 33.3 Å². The molecule has 3 rings (SSSR count). The van der Waals surface area contributed by atoms with E-state index in [2.05, 4.69) is 36.3 Å². The van der Waals surface area contributed by atoms with Gasteiger partial charge in [-0.15, -0.1) is 0 Å². The fourth-order valence-corrected chi connectivity index (χ4v) is 6.03. The molecule has 1 aromatic carbocycles. The van der Waals surface area contributed by atoms with E-state index in [-0.39, 0.29) is 6.04 Å². The molecule has 0 aromatic heterocycles. The molecule has 1 saturated heterocycles. The van der Waals surface area contributed by atoms with E-state index in [4.69, 9.17) is 11.6 Å². The Morgan fingerprint density at radius 3 is 2.45 bits per heavy atom. The molecule has 0 unspecified atom stereocenters. The number of halogens is 2. The van der Waals surface area contributed by atoms with Crippen LogP contribution in [-0.2, 0) is 16.6 Å². The van der Waals surface area contributed by atoms with Crippen LogP contribution < -0.4 is 9.44 Å². The number of nitrogens with one attached hydrogen (secondary N) is 2. The second kappa shape index (κ2) is 10.9. The highest BCUT2D eigenvalue weighted by Gasteiger charge is 2.25. The highest BCUT2D eigenvalue weighted by atomic mass is 79.9. The van der Waals surface area contributed by atoms with Crippen LogP contribution in [0.3, 0.4) is 0 Å². The molecule has 29 heavy (non-hydrogen) atoms. The highest BCUT2D eigenvalue weighted by Crippen LogP contribution is 2.30. The molecule has 1 aliphatic carbocycles. The van der Waals surface area contributed by atoms with E-state index in [1.54, 1.807) is 0 Å². The van der Waals surface area contributed by atoms with E-state index in [1.165, 1.54) is 51.5 Å². The number of benzene rings is 1. The number of hydrogen-bond donors (Lipinski definition) is 2. The van der Waals surface area contributed by atoms with Gasteiger partial charge in [0.1, 0.15) is 0 Å². The van der Waals surface area contributed by atoms with Gasteiger partial charge in [-0.3, -0.25) is 0 Å². The molecule has 164 valence electrons. The van der Waals surface area contributed by atoms with E-state index in [9.17, 15) is 8.42 Å². The molecule has 0 radical (unpaired) electrons. The highest BCUT2D eigenvalue weighted by molar-refractivity contribution is 9.10. The van der Waals surface area contributed by atoms with Crippen molar-refractivity contribution in [2.24, 2.45) is 11.8 Å². The minimum Gasteiger partial charge on any atom is -0.303 e. The maximum absolute atomic E-state index is 11.6. The van der Waals surface area contributed by atoms with Crippen molar-refractivity contribution in [1.82, 2.24) is 14.3 Å². The molecule has 0 bridgehead atoms. The molecule has 2 aliphatic rings. The van der Waals surface area contributed by atoms with Gasteiger partial charge in [-0.1, -0.05) is 27.5 Å². The molecule has 5 nitrogen and oxygen atoms in total. The Balaban J connectivity index is 1.34. The van der Waals surface area contributed by atoms with Crippen molar-refractivity contribution in [1.29, 1.82) is 0 Å². The van der Waals surface area contributed by atoms with E-state index in [1.807, 2.05) is 12.1 Å². The van der Waals surface area contributed by atoms with Crippen molar-refractivity contribution < 1.29 is 8.42 Å². The van der Waals surface area contributed by atoms with Crippen molar-refractivity contribution in [3.8, 4) is 0 Å². The lowest BCUT2D eigenvalue weighted by Gasteiger charge is -2.34. The normalized spacial score (nSPS) is 24.7. The molecule has 1 heterocycles. The van der Waals surface area contributed by atoms with Crippen molar-refractivity contribution in [2.75, 3.05) is 26.7 Å². The summed E-state index contributed by atoms with van der Waals surface area (Å²) < 4.78 is 29.5. The summed E-state index contributed by atoms with van der Waals surface area (Å²) in [7, 11) is -1.87. The zero-order chi connectivity index (χ0) is 20.9. The molecule has 1 aromatic rings. The standard InChI is InChI=1S/C21H33BrClN3O2S/c1-24-29(27,28)25-20-5-2-16(3-6-20)8-11-26-12-9-17(10-13-26)14-18-15-19(23)4-7-21(18)22/h4,7,15-17,20,24-25H,2-3,5-6,8-14H2,1H3/t16-,20-. The lowest BCUT2D eigenvalue weighted by atomic mass is 9.84. The van der Waals surface area contributed by atoms with Gasteiger partial charge in [0.25, 0.3) is 10.2 Å².